The molecule has 0 N–H and O–H groups in total. The van der Waals surface area contributed by atoms with Gasteiger partial charge in [0, 0.05) is 4.47 Å². The average molecular weight is 303 g/mol. The molecule has 0 saturated heterocycles. The van der Waals surface area contributed by atoms with Crippen molar-refractivity contribution in [3.63, 3.8) is 0 Å². The highest BCUT2D eigenvalue weighted by Gasteiger charge is 1.92. The third-order valence-corrected chi connectivity index (χ3v) is 2.99. The lowest BCUT2D eigenvalue weighted by molar-refractivity contribution is 0.363. The van der Waals surface area contributed by atoms with Crippen LogP contribution >= 0.6 is 15.9 Å². The molecule has 0 radical (unpaired) electrons. The minimum atomic E-state index is 0.579. The Morgan fingerprint density at radius 2 is 1.94 bits per heavy atom. The Kier molecular flexibility index (Phi) is 4.59. The normalized spacial score (nSPS) is 10.8. The van der Waals surface area contributed by atoms with Crippen LogP contribution in [-0.4, -0.2) is 6.61 Å². The molecule has 0 aliphatic heterocycles. The molecule has 0 aromatic heterocycles. The van der Waals surface area contributed by atoms with Gasteiger partial charge in [-0.1, -0.05) is 46.3 Å². The van der Waals surface area contributed by atoms with E-state index in [-0.39, 0.29) is 0 Å². The van der Waals surface area contributed by atoms with Crippen LogP contribution in [0.4, 0.5) is 0 Å². The van der Waals surface area contributed by atoms with Crippen molar-refractivity contribution in [1.82, 2.24) is 0 Å². The van der Waals surface area contributed by atoms with E-state index >= 15 is 0 Å². The second kappa shape index (κ2) is 6.41. The van der Waals surface area contributed by atoms with Gasteiger partial charge in [-0.3, -0.25) is 0 Å². The van der Waals surface area contributed by atoms with Gasteiger partial charge in [0.15, 0.2) is 0 Å². The van der Waals surface area contributed by atoms with Gasteiger partial charge in [0.2, 0.25) is 0 Å². The van der Waals surface area contributed by atoms with Gasteiger partial charge in [-0.05, 0) is 48.4 Å². The molecule has 2 aromatic carbocycles. The fraction of sp³-hybridized carbons (Fsp3) is 0.125. The van der Waals surface area contributed by atoms with Crippen molar-refractivity contribution in [2.75, 3.05) is 6.61 Å². The fourth-order valence-electron chi connectivity index (χ4n) is 1.64. The molecule has 0 heterocycles. The van der Waals surface area contributed by atoms with Crippen molar-refractivity contribution in [3.8, 4) is 5.75 Å². The molecule has 92 valence electrons. The highest BCUT2D eigenvalue weighted by atomic mass is 79.9. The predicted molar refractivity (Wildman–Crippen MR) is 79.9 cm³/mol. The molecule has 2 heteroatoms. The minimum Gasteiger partial charge on any atom is -0.490 e. The lowest BCUT2D eigenvalue weighted by atomic mass is 10.2. The number of aryl methyl sites for hydroxylation is 1. The average Bonchev–Trinajstić information content (AvgIpc) is 2.35. The summed E-state index contributed by atoms with van der Waals surface area (Å²) >= 11 is 3.45. The highest BCUT2D eigenvalue weighted by Crippen LogP contribution is 2.14. The summed E-state index contributed by atoms with van der Waals surface area (Å²) in [6.07, 6.45) is 4.07. The number of ether oxygens (including phenoxy) is 1. The number of hydrogen-bond donors (Lipinski definition) is 0. The zero-order valence-corrected chi connectivity index (χ0v) is 11.9. The van der Waals surface area contributed by atoms with Crippen LogP contribution in [0.2, 0.25) is 0 Å². The topological polar surface area (TPSA) is 9.23 Å². The maximum absolute atomic E-state index is 5.64. The van der Waals surface area contributed by atoms with Crippen LogP contribution in [0.15, 0.2) is 59.1 Å². The van der Waals surface area contributed by atoms with E-state index in [0.717, 1.165) is 15.8 Å². The summed E-state index contributed by atoms with van der Waals surface area (Å²) in [4.78, 5) is 0. The van der Waals surface area contributed by atoms with E-state index in [9.17, 15) is 0 Å². The van der Waals surface area contributed by atoms with Crippen molar-refractivity contribution in [3.05, 3.63) is 70.2 Å². The summed E-state index contributed by atoms with van der Waals surface area (Å²) in [5.41, 5.74) is 2.38. The van der Waals surface area contributed by atoms with Crippen molar-refractivity contribution >= 4 is 22.0 Å². The lowest BCUT2D eigenvalue weighted by Gasteiger charge is -2.03. The first kappa shape index (κ1) is 12.9. The summed E-state index contributed by atoms with van der Waals surface area (Å²) in [7, 11) is 0. The quantitative estimate of drug-likeness (QED) is 0.784. The second-order valence-electron chi connectivity index (χ2n) is 4.08. The third-order valence-electron chi connectivity index (χ3n) is 2.49. The molecule has 0 aliphatic carbocycles. The van der Waals surface area contributed by atoms with Gasteiger partial charge in [-0.25, -0.2) is 0 Å². The number of halogens is 1. The first-order valence-electron chi connectivity index (χ1n) is 5.85. The van der Waals surface area contributed by atoms with Crippen LogP contribution < -0.4 is 4.74 Å². The molecule has 1 nitrogen and oxygen atoms in total. The van der Waals surface area contributed by atoms with Crippen molar-refractivity contribution in [2.45, 2.75) is 6.92 Å². The fourth-order valence-corrected chi connectivity index (χ4v) is 2.06. The molecule has 0 bridgehead atoms. The van der Waals surface area contributed by atoms with Gasteiger partial charge in [-0.15, -0.1) is 0 Å². The van der Waals surface area contributed by atoms with Crippen LogP contribution in [0, 0.1) is 6.92 Å². The zero-order chi connectivity index (χ0) is 12.8. The van der Waals surface area contributed by atoms with Crippen molar-refractivity contribution in [1.29, 1.82) is 0 Å². The predicted octanol–water partition coefficient (Wildman–Crippen LogP) is 4.85. The molecule has 0 fully saturated rings. The zero-order valence-electron chi connectivity index (χ0n) is 10.3. The Balaban J connectivity index is 1.89. The van der Waals surface area contributed by atoms with Gasteiger partial charge in [0.1, 0.15) is 12.4 Å². The number of benzene rings is 2. The van der Waals surface area contributed by atoms with E-state index in [2.05, 4.69) is 47.1 Å². The maximum Gasteiger partial charge on any atom is 0.120 e. The molecule has 2 aromatic rings. The van der Waals surface area contributed by atoms with Gasteiger partial charge < -0.3 is 4.74 Å². The monoisotopic (exact) mass is 302 g/mol. The number of rotatable bonds is 4. The van der Waals surface area contributed by atoms with Crippen LogP contribution in [0.5, 0.6) is 5.75 Å². The van der Waals surface area contributed by atoms with Gasteiger partial charge in [0.25, 0.3) is 0 Å². The smallest absolute Gasteiger partial charge is 0.120 e. The Morgan fingerprint density at radius 1 is 1.11 bits per heavy atom. The highest BCUT2D eigenvalue weighted by molar-refractivity contribution is 9.10. The Bertz CT molecular complexity index is 546. The van der Waals surface area contributed by atoms with Crippen molar-refractivity contribution < 1.29 is 4.74 Å². The van der Waals surface area contributed by atoms with Crippen LogP contribution in [0.3, 0.4) is 0 Å². The van der Waals surface area contributed by atoms with Gasteiger partial charge in [-0.2, -0.15) is 0 Å². The first-order valence-corrected chi connectivity index (χ1v) is 6.65. The molecule has 0 amide bonds. The summed E-state index contributed by atoms with van der Waals surface area (Å²) < 4.78 is 6.73. The minimum absolute atomic E-state index is 0.579. The van der Waals surface area contributed by atoms with E-state index < -0.39 is 0 Å². The second-order valence-corrected chi connectivity index (χ2v) is 5.00. The van der Waals surface area contributed by atoms with E-state index in [1.165, 1.54) is 5.56 Å². The van der Waals surface area contributed by atoms with Crippen molar-refractivity contribution in [2.24, 2.45) is 0 Å². The molecular formula is C16H15BrO. The first-order chi connectivity index (χ1) is 8.74. The standard InChI is InChI=1S/C16H15BrO/c1-13-5-2-9-16(11-13)18-10-4-7-14-6-3-8-15(17)12-14/h2-9,11-12H,10H2,1H3. The van der Waals surface area contributed by atoms with Crippen LogP contribution in [0.1, 0.15) is 11.1 Å². The van der Waals surface area contributed by atoms with Gasteiger partial charge >= 0.3 is 0 Å². The molecule has 0 saturated carbocycles. The van der Waals surface area contributed by atoms with E-state index in [1.807, 2.05) is 36.4 Å². The van der Waals surface area contributed by atoms with Crippen LogP contribution in [-0.2, 0) is 0 Å². The van der Waals surface area contributed by atoms with Gasteiger partial charge in [0.05, 0.1) is 0 Å². The molecule has 0 atom stereocenters. The summed E-state index contributed by atoms with van der Waals surface area (Å²) in [5.74, 6) is 0.911. The molecule has 18 heavy (non-hydrogen) atoms. The van der Waals surface area contributed by atoms with E-state index in [1.54, 1.807) is 0 Å². The summed E-state index contributed by atoms with van der Waals surface area (Å²) in [5, 5.41) is 0. The molecule has 0 spiro atoms. The molecule has 0 aliphatic rings. The molecule has 0 unspecified atom stereocenters. The summed E-state index contributed by atoms with van der Waals surface area (Å²) in [6, 6.07) is 16.2. The molecule has 2 rings (SSSR count). The van der Waals surface area contributed by atoms with Crippen LogP contribution in [0.25, 0.3) is 6.08 Å². The maximum atomic E-state index is 5.64. The Labute approximate surface area is 116 Å². The molecular weight excluding hydrogens is 288 g/mol. The van der Waals surface area contributed by atoms with E-state index in [4.69, 9.17) is 4.74 Å². The lowest BCUT2D eigenvalue weighted by Crippen LogP contribution is -1.93. The van der Waals surface area contributed by atoms with E-state index in [0.29, 0.717) is 6.61 Å². The largest absolute Gasteiger partial charge is 0.490 e. The SMILES string of the molecule is Cc1cccc(OCC=Cc2cccc(Br)c2)c1. The third kappa shape index (κ3) is 4.04. The number of hydrogen-bond acceptors (Lipinski definition) is 1. The summed E-state index contributed by atoms with van der Waals surface area (Å²) in [6.45, 7) is 2.64. The Morgan fingerprint density at radius 3 is 2.72 bits per heavy atom. The Hall–Kier alpha value is -1.54.